The van der Waals surface area contributed by atoms with Crippen molar-refractivity contribution in [3.63, 3.8) is 0 Å². The number of rotatable bonds is 24. The van der Waals surface area contributed by atoms with Gasteiger partial charge >= 0.3 is 0 Å². The zero-order chi connectivity index (χ0) is 40.8. The molecule has 4 atom stereocenters. The fourth-order valence-electron chi connectivity index (χ4n) is 6.19. The minimum absolute atomic E-state index is 0.0162. The van der Waals surface area contributed by atoms with Crippen LogP contribution in [0.2, 0.25) is 0 Å². The SMILES string of the molecule is CC(C)=CCc1c(OCCCC(=O)C[C@@H](C)C(C)O)cc2oc3cc(OCCCC(=O)C[C@@H](COC=O)C(C)O)c(CO)c(CC=C(C)C)c3c(=O)c2c1O. The minimum atomic E-state index is -0.838. The number of Topliss-reactive ketones (excluding diaryl/α,β-unsaturated/α-hetero) is 2. The Morgan fingerprint density at radius 2 is 1.31 bits per heavy atom. The molecule has 0 aliphatic carbocycles. The number of phenolic OH excluding ortho intramolecular Hbond substituents is 1. The Morgan fingerprint density at radius 3 is 1.82 bits per heavy atom. The van der Waals surface area contributed by atoms with Crippen molar-refractivity contribution in [3.8, 4) is 17.2 Å². The molecule has 2 unspecified atom stereocenters. The van der Waals surface area contributed by atoms with E-state index >= 15 is 0 Å². The van der Waals surface area contributed by atoms with Crippen molar-refractivity contribution in [2.75, 3.05) is 19.8 Å². The van der Waals surface area contributed by atoms with Gasteiger partial charge in [-0.25, -0.2) is 0 Å². The molecule has 0 bridgehead atoms. The molecule has 0 aliphatic heterocycles. The van der Waals surface area contributed by atoms with Gasteiger partial charge in [-0.3, -0.25) is 19.2 Å². The number of allylic oxidation sites excluding steroid dienone is 4. The van der Waals surface area contributed by atoms with E-state index in [0.717, 1.165) is 11.1 Å². The summed E-state index contributed by atoms with van der Waals surface area (Å²) in [7, 11) is 0. The normalized spacial score (nSPS) is 13.5. The lowest BCUT2D eigenvalue weighted by atomic mass is 9.95. The molecule has 3 rings (SSSR count). The van der Waals surface area contributed by atoms with Crippen molar-refractivity contribution in [2.45, 2.75) is 119 Å². The molecule has 0 radical (unpaired) electrons. The van der Waals surface area contributed by atoms with E-state index in [2.05, 4.69) is 0 Å². The van der Waals surface area contributed by atoms with E-state index in [1.165, 1.54) is 13.0 Å². The van der Waals surface area contributed by atoms with Gasteiger partial charge in [0, 0.05) is 54.9 Å². The van der Waals surface area contributed by atoms with Crippen LogP contribution < -0.4 is 14.9 Å². The van der Waals surface area contributed by atoms with Gasteiger partial charge < -0.3 is 39.1 Å². The van der Waals surface area contributed by atoms with E-state index < -0.39 is 30.2 Å². The second kappa shape index (κ2) is 21.5. The molecule has 0 saturated carbocycles. The molecule has 0 aliphatic rings. The topological polar surface area (TPSA) is 190 Å². The smallest absolute Gasteiger partial charge is 0.293 e. The molecule has 0 saturated heterocycles. The van der Waals surface area contributed by atoms with Gasteiger partial charge in [0.1, 0.15) is 45.4 Å². The van der Waals surface area contributed by atoms with Crippen LogP contribution in [-0.4, -0.2) is 70.5 Å². The number of aliphatic hydroxyl groups excluding tert-OH is 3. The Bertz CT molecular complexity index is 1910. The van der Waals surface area contributed by atoms with Gasteiger partial charge in [0.2, 0.25) is 5.43 Å². The van der Waals surface area contributed by atoms with E-state index in [1.54, 1.807) is 13.0 Å². The van der Waals surface area contributed by atoms with Crippen LogP contribution in [0.4, 0.5) is 0 Å². The van der Waals surface area contributed by atoms with Crippen molar-refractivity contribution in [2.24, 2.45) is 11.8 Å². The number of aromatic hydroxyl groups is 1. The third-order valence-corrected chi connectivity index (χ3v) is 9.70. The molecule has 1 aromatic heterocycles. The summed E-state index contributed by atoms with van der Waals surface area (Å²) in [6.45, 7) is 12.7. The summed E-state index contributed by atoms with van der Waals surface area (Å²) in [4.78, 5) is 50.1. The molecule has 2 aromatic carbocycles. The summed E-state index contributed by atoms with van der Waals surface area (Å²) in [5, 5.41) is 42.2. The van der Waals surface area contributed by atoms with Gasteiger partial charge in [0.15, 0.2) is 0 Å². The first-order valence-electron chi connectivity index (χ1n) is 19.0. The van der Waals surface area contributed by atoms with Gasteiger partial charge in [0.25, 0.3) is 6.47 Å². The third kappa shape index (κ3) is 12.8. The molecule has 1 heterocycles. The standard InChI is InChI=1S/C43H58O12/c1-25(2)12-14-33-35(22-44)37(54-17-9-11-32(49)19-30(29(7)47)23-52-24-45)21-38-40(33)43(51)41-39(55-38)20-36(34(42(41)50)15-13-26(3)4)53-16-8-10-31(48)18-27(5)28(6)46/h12-13,20-21,24,27-30,44,46-47,50H,8-11,14-19,22-23H2,1-7H3/t27-,28?,29?,30+/m1/s1. The minimum Gasteiger partial charge on any atom is -0.507 e. The second-order valence-electron chi connectivity index (χ2n) is 14.9. The number of ketones is 2. The fourth-order valence-corrected chi connectivity index (χ4v) is 6.19. The predicted octanol–water partition coefficient (Wildman–Crippen LogP) is 6.58. The Balaban J connectivity index is 2.03. The van der Waals surface area contributed by atoms with Crippen LogP contribution in [0.5, 0.6) is 17.2 Å². The Labute approximate surface area is 322 Å². The molecule has 12 nitrogen and oxygen atoms in total. The number of ether oxygens (including phenoxy) is 3. The highest BCUT2D eigenvalue weighted by molar-refractivity contribution is 5.97. The van der Waals surface area contributed by atoms with Crippen LogP contribution in [0.25, 0.3) is 21.9 Å². The lowest BCUT2D eigenvalue weighted by molar-refractivity contribution is -0.133. The number of carbonyl (C=O) groups is 3. The maximum absolute atomic E-state index is 14.4. The second-order valence-corrected chi connectivity index (χ2v) is 14.9. The summed E-state index contributed by atoms with van der Waals surface area (Å²) in [5.41, 5.74) is 3.01. The largest absolute Gasteiger partial charge is 0.507 e. The van der Waals surface area contributed by atoms with Gasteiger partial charge in [-0.1, -0.05) is 30.2 Å². The highest BCUT2D eigenvalue weighted by Gasteiger charge is 2.25. The molecule has 3 aromatic rings. The predicted molar refractivity (Wildman–Crippen MR) is 211 cm³/mol. The molecule has 0 fully saturated rings. The molecular formula is C43H58O12. The van der Waals surface area contributed by atoms with Crippen molar-refractivity contribution in [3.05, 3.63) is 62.3 Å². The average molecular weight is 767 g/mol. The van der Waals surface area contributed by atoms with Crippen molar-refractivity contribution in [1.29, 1.82) is 0 Å². The fraction of sp³-hybridized carbons (Fsp3) is 0.535. The van der Waals surface area contributed by atoms with Crippen LogP contribution in [0.3, 0.4) is 0 Å². The highest BCUT2D eigenvalue weighted by Crippen LogP contribution is 2.39. The highest BCUT2D eigenvalue weighted by atomic mass is 16.5. The number of hydrogen-bond donors (Lipinski definition) is 4. The lowest BCUT2D eigenvalue weighted by Crippen LogP contribution is -2.25. The van der Waals surface area contributed by atoms with E-state index in [-0.39, 0.29) is 116 Å². The third-order valence-electron chi connectivity index (χ3n) is 9.70. The molecule has 0 amide bonds. The quantitative estimate of drug-likeness (QED) is 0.0332. The zero-order valence-electron chi connectivity index (χ0n) is 33.2. The Hall–Kier alpha value is -4.52. The number of phenols is 1. The van der Waals surface area contributed by atoms with E-state index in [4.69, 9.17) is 18.6 Å². The molecule has 55 heavy (non-hydrogen) atoms. The van der Waals surface area contributed by atoms with E-state index in [1.807, 2.05) is 46.8 Å². The number of aliphatic hydroxyl groups is 3. The molecular weight excluding hydrogens is 708 g/mol. The van der Waals surface area contributed by atoms with E-state index in [0.29, 0.717) is 35.3 Å². The molecule has 12 heteroatoms. The summed E-state index contributed by atoms with van der Waals surface area (Å²) >= 11 is 0. The number of benzene rings is 2. The maximum atomic E-state index is 14.4. The van der Waals surface area contributed by atoms with Crippen LogP contribution in [0, 0.1) is 11.8 Å². The van der Waals surface area contributed by atoms with Crippen LogP contribution in [0.1, 0.15) is 104 Å². The van der Waals surface area contributed by atoms with E-state index in [9.17, 15) is 39.6 Å². The number of hydrogen-bond acceptors (Lipinski definition) is 12. The van der Waals surface area contributed by atoms with Crippen molar-refractivity contribution < 1.29 is 53.4 Å². The van der Waals surface area contributed by atoms with Crippen LogP contribution in [0.15, 0.2) is 44.6 Å². The summed E-state index contributed by atoms with van der Waals surface area (Å²) in [6, 6.07) is 3.11. The Morgan fingerprint density at radius 1 is 0.782 bits per heavy atom. The zero-order valence-corrected chi connectivity index (χ0v) is 33.2. The molecule has 302 valence electrons. The first kappa shape index (κ1) is 44.9. The lowest BCUT2D eigenvalue weighted by Gasteiger charge is -2.19. The first-order chi connectivity index (χ1) is 26.1. The molecule has 0 spiro atoms. The Kier molecular flexibility index (Phi) is 17.6. The van der Waals surface area contributed by atoms with Crippen molar-refractivity contribution >= 4 is 40.0 Å². The van der Waals surface area contributed by atoms with Crippen LogP contribution in [-0.2, 0) is 38.6 Å². The van der Waals surface area contributed by atoms with Crippen molar-refractivity contribution in [1.82, 2.24) is 0 Å². The summed E-state index contributed by atoms with van der Waals surface area (Å²) < 4.78 is 23.3. The summed E-state index contributed by atoms with van der Waals surface area (Å²) in [6.07, 6.45) is 4.38. The van der Waals surface area contributed by atoms with Gasteiger partial charge in [-0.2, -0.15) is 0 Å². The van der Waals surface area contributed by atoms with Crippen LogP contribution >= 0.6 is 0 Å². The van der Waals surface area contributed by atoms with Gasteiger partial charge in [0.05, 0.1) is 44.0 Å². The van der Waals surface area contributed by atoms with Gasteiger partial charge in [-0.05, 0) is 78.7 Å². The average Bonchev–Trinajstić information content (AvgIpc) is 3.11. The first-order valence-corrected chi connectivity index (χ1v) is 19.0. The number of carbonyl (C=O) groups excluding carboxylic acids is 3. The summed E-state index contributed by atoms with van der Waals surface area (Å²) in [5.74, 6) is -0.484. The van der Waals surface area contributed by atoms with Gasteiger partial charge in [-0.15, -0.1) is 0 Å². The molecule has 4 N–H and O–H groups in total. The monoisotopic (exact) mass is 766 g/mol. The maximum Gasteiger partial charge on any atom is 0.293 e. The number of fused-ring (bicyclic) bond motifs is 2.